The minimum atomic E-state index is -2.86. The van der Waals surface area contributed by atoms with E-state index in [0.717, 1.165) is 11.1 Å². The maximum Gasteiger partial charge on any atom is 0.387 e. The van der Waals surface area contributed by atoms with Crippen molar-refractivity contribution >= 4 is 11.8 Å². The lowest BCUT2D eigenvalue weighted by Gasteiger charge is -2.19. The molecule has 162 valence electrons. The van der Waals surface area contributed by atoms with E-state index in [0.29, 0.717) is 18.5 Å². The summed E-state index contributed by atoms with van der Waals surface area (Å²) >= 11 is 0. The second-order valence-electron chi connectivity index (χ2n) is 8.09. The number of benzene rings is 2. The van der Waals surface area contributed by atoms with E-state index in [4.69, 9.17) is 0 Å². The summed E-state index contributed by atoms with van der Waals surface area (Å²) in [6.45, 7) is 5.41. The van der Waals surface area contributed by atoms with Gasteiger partial charge in [-0.15, -0.1) is 0 Å². The first-order valence-electron chi connectivity index (χ1n) is 9.79. The van der Waals surface area contributed by atoms with E-state index in [9.17, 15) is 18.4 Å². The fourth-order valence-electron chi connectivity index (χ4n) is 2.79. The fourth-order valence-corrected chi connectivity index (χ4v) is 2.79. The number of ether oxygens (including phenoxy) is 1. The average Bonchev–Trinajstić information content (AvgIpc) is 2.68. The Hall–Kier alpha value is -2.96. The van der Waals surface area contributed by atoms with E-state index in [1.807, 2.05) is 12.1 Å². The van der Waals surface area contributed by atoms with Gasteiger partial charge in [0.05, 0.1) is 0 Å². The largest absolute Gasteiger partial charge is 0.435 e. The Morgan fingerprint density at radius 1 is 1.00 bits per heavy atom. The number of hydrogen-bond acceptors (Lipinski definition) is 3. The van der Waals surface area contributed by atoms with Gasteiger partial charge in [0, 0.05) is 12.1 Å². The summed E-state index contributed by atoms with van der Waals surface area (Å²) in [5, 5.41) is 5.45. The molecule has 2 rings (SSSR count). The lowest BCUT2D eigenvalue weighted by molar-refractivity contribution is -0.122. The molecule has 0 radical (unpaired) electrons. The zero-order valence-electron chi connectivity index (χ0n) is 17.7. The van der Waals surface area contributed by atoms with Gasteiger partial charge in [-0.25, -0.2) is 0 Å². The van der Waals surface area contributed by atoms with Gasteiger partial charge in [0.1, 0.15) is 11.8 Å². The van der Waals surface area contributed by atoms with E-state index in [-0.39, 0.29) is 23.0 Å². The molecule has 0 heterocycles. The highest BCUT2D eigenvalue weighted by Crippen LogP contribution is 2.22. The molecular weight excluding hydrogens is 390 g/mol. The smallest absolute Gasteiger partial charge is 0.387 e. The third kappa shape index (κ3) is 7.13. The molecule has 0 saturated carbocycles. The van der Waals surface area contributed by atoms with E-state index in [1.165, 1.54) is 12.1 Å². The van der Waals surface area contributed by atoms with Crippen LogP contribution in [0.4, 0.5) is 8.78 Å². The van der Waals surface area contributed by atoms with Crippen LogP contribution in [0.15, 0.2) is 48.5 Å². The number of carbonyl (C=O) groups excluding carboxylic acids is 2. The summed E-state index contributed by atoms with van der Waals surface area (Å²) in [4.78, 5) is 24.6. The molecule has 30 heavy (non-hydrogen) atoms. The Balaban J connectivity index is 1.79. The maximum atomic E-state index is 12.4. The van der Waals surface area contributed by atoms with Crippen molar-refractivity contribution in [2.45, 2.75) is 52.2 Å². The third-order valence-corrected chi connectivity index (χ3v) is 4.62. The van der Waals surface area contributed by atoms with Crippen molar-refractivity contribution in [3.63, 3.8) is 0 Å². The van der Waals surface area contributed by atoms with Crippen LogP contribution in [-0.4, -0.2) is 31.0 Å². The van der Waals surface area contributed by atoms with Gasteiger partial charge in [0.2, 0.25) is 5.91 Å². The van der Waals surface area contributed by atoms with Gasteiger partial charge in [0.25, 0.3) is 5.91 Å². The number of halogens is 2. The fraction of sp³-hybridized carbons (Fsp3) is 0.391. The highest BCUT2D eigenvalue weighted by atomic mass is 19.3. The molecule has 0 fully saturated rings. The predicted molar refractivity (Wildman–Crippen MR) is 112 cm³/mol. The van der Waals surface area contributed by atoms with Crippen LogP contribution >= 0.6 is 0 Å². The first-order chi connectivity index (χ1) is 14.1. The molecule has 0 aliphatic rings. The molecule has 0 aromatic heterocycles. The van der Waals surface area contributed by atoms with E-state index < -0.39 is 12.7 Å². The van der Waals surface area contributed by atoms with Crippen LogP contribution in [-0.2, 0) is 16.6 Å². The van der Waals surface area contributed by atoms with E-state index >= 15 is 0 Å². The monoisotopic (exact) mass is 418 g/mol. The number of alkyl halides is 2. The van der Waals surface area contributed by atoms with Crippen molar-refractivity contribution in [2.24, 2.45) is 0 Å². The average molecular weight is 418 g/mol. The molecule has 2 amide bonds. The van der Waals surface area contributed by atoms with Gasteiger partial charge in [-0.3, -0.25) is 9.59 Å². The zero-order valence-corrected chi connectivity index (χ0v) is 17.7. The number of nitrogens with one attached hydrogen (secondary N) is 2. The van der Waals surface area contributed by atoms with Gasteiger partial charge >= 0.3 is 6.61 Å². The molecule has 0 spiro atoms. The molecule has 0 saturated heterocycles. The van der Waals surface area contributed by atoms with E-state index in [2.05, 4.69) is 36.1 Å². The molecule has 2 aromatic carbocycles. The van der Waals surface area contributed by atoms with Crippen molar-refractivity contribution in [1.29, 1.82) is 0 Å². The first kappa shape index (κ1) is 23.3. The number of amides is 2. The van der Waals surface area contributed by atoms with Crippen LogP contribution in [0.3, 0.4) is 0 Å². The standard InChI is InChI=1S/C23H28F2N2O3/c1-15(27-21(29)17-7-9-18(10-8-17)23(2,3)4)20(28)26-14-13-16-5-11-19(12-6-16)30-22(24)25/h5-12,15,22H,13-14H2,1-4H3,(H,26,28)(H,27,29)/t15-/m0/s1. The molecule has 0 bridgehead atoms. The van der Waals surface area contributed by atoms with Crippen molar-refractivity contribution in [3.8, 4) is 5.75 Å². The topological polar surface area (TPSA) is 67.4 Å². The quantitative estimate of drug-likeness (QED) is 0.679. The van der Waals surface area contributed by atoms with Gasteiger partial charge < -0.3 is 15.4 Å². The van der Waals surface area contributed by atoms with Gasteiger partial charge in [-0.2, -0.15) is 8.78 Å². The maximum absolute atomic E-state index is 12.4. The van der Waals surface area contributed by atoms with Crippen molar-refractivity contribution in [1.82, 2.24) is 10.6 Å². The first-order valence-corrected chi connectivity index (χ1v) is 9.79. The van der Waals surface area contributed by atoms with Crippen LogP contribution in [0.25, 0.3) is 0 Å². The Morgan fingerprint density at radius 3 is 2.13 bits per heavy atom. The number of rotatable bonds is 8. The molecule has 0 unspecified atom stereocenters. The van der Waals surface area contributed by atoms with Crippen LogP contribution in [0.1, 0.15) is 49.2 Å². The van der Waals surface area contributed by atoms with Crippen LogP contribution in [0.2, 0.25) is 0 Å². The SMILES string of the molecule is C[C@H](NC(=O)c1ccc(C(C)(C)C)cc1)C(=O)NCCc1ccc(OC(F)F)cc1. The molecule has 0 aliphatic heterocycles. The lowest BCUT2D eigenvalue weighted by atomic mass is 9.86. The van der Waals surface area contributed by atoms with E-state index in [1.54, 1.807) is 31.2 Å². The molecule has 2 N–H and O–H groups in total. The Kier molecular flexibility index (Phi) is 7.92. The summed E-state index contributed by atoms with van der Waals surface area (Å²) in [7, 11) is 0. The molecule has 2 aromatic rings. The molecule has 1 atom stereocenters. The zero-order chi connectivity index (χ0) is 22.3. The summed E-state index contributed by atoms with van der Waals surface area (Å²) in [5.41, 5.74) is 2.48. The molecule has 7 heteroatoms. The highest BCUT2D eigenvalue weighted by molar-refractivity contribution is 5.97. The Bertz CT molecular complexity index is 844. The second-order valence-corrected chi connectivity index (χ2v) is 8.09. The highest BCUT2D eigenvalue weighted by Gasteiger charge is 2.18. The summed E-state index contributed by atoms with van der Waals surface area (Å²) in [5.74, 6) is -0.523. The predicted octanol–water partition coefficient (Wildman–Crippen LogP) is 4.06. The van der Waals surface area contributed by atoms with Crippen molar-refractivity contribution in [3.05, 3.63) is 65.2 Å². The van der Waals surface area contributed by atoms with Gasteiger partial charge in [-0.1, -0.05) is 45.0 Å². The van der Waals surface area contributed by atoms with Crippen molar-refractivity contribution in [2.75, 3.05) is 6.54 Å². The molecule has 5 nitrogen and oxygen atoms in total. The second kappa shape index (κ2) is 10.2. The normalized spacial score (nSPS) is 12.4. The minimum Gasteiger partial charge on any atom is -0.435 e. The third-order valence-electron chi connectivity index (χ3n) is 4.62. The van der Waals surface area contributed by atoms with Crippen LogP contribution in [0, 0.1) is 0 Å². The Labute approximate surface area is 175 Å². The van der Waals surface area contributed by atoms with Crippen molar-refractivity contribution < 1.29 is 23.1 Å². The minimum absolute atomic E-state index is 0.00154. The number of carbonyl (C=O) groups is 2. The van der Waals surface area contributed by atoms with Crippen LogP contribution in [0.5, 0.6) is 5.75 Å². The summed E-state index contributed by atoms with van der Waals surface area (Å²) in [6, 6.07) is 12.9. The van der Waals surface area contributed by atoms with Crippen LogP contribution < -0.4 is 15.4 Å². The summed E-state index contributed by atoms with van der Waals surface area (Å²) in [6.07, 6.45) is 0.523. The molecular formula is C23H28F2N2O3. The Morgan fingerprint density at radius 2 is 1.60 bits per heavy atom. The number of hydrogen-bond donors (Lipinski definition) is 2. The van der Waals surface area contributed by atoms with Gasteiger partial charge in [0.15, 0.2) is 0 Å². The summed E-state index contributed by atoms with van der Waals surface area (Å²) < 4.78 is 28.6. The van der Waals surface area contributed by atoms with Gasteiger partial charge in [-0.05, 0) is 54.2 Å². The molecule has 0 aliphatic carbocycles. The lowest BCUT2D eigenvalue weighted by Crippen LogP contribution is -2.45.